The summed E-state index contributed by atoms with van der Waals surface area (Å²) in [5, 5.41) is 3.07. The van der Waals surface area contributed by atoms with E-state index in [-0.39, 0.29) is 23.4 Å². The maximum Gasteiger partial charge on any atom is 0.264 e. The summed E-state index contributed by atoms with van der Waals surface area (Å²) in [4.78, 5) is 13.0. The molecule has 0 bridgehead atoms. The second-order valence-corrected chi connectivity index (χ2v) is 10.3. The Labute approximate surface area is 197 Å². The van der Waals surface area contributed by atoms with Gasteiger partial charge in [-0.15, -0.1) is 0 Å². The van der Waals surface area contributed by atoms with Gasteiger partial charge in [0.25, 0.3) is 10.0 Å². The van der Waals surface area contributed by atoms with Gasteiger partial charge in [-0.1, -0.05) is 49.8 Å². The van der Waals surface area contributed by atoms with Gasteiger partial charge in [0.1, 0.15) is 6.54 Å². The van der Waals surface area contributed by atoms with Gasteiger partial charge in [0.05, 0.1) is 24.8 Å². The SMILES string of the molecule is COc1ccc(S(=O)(=O)N(CC(=O)NC2CCCCCCC2)c2ccc(C)cc2)cc1OC. The van der Waals surface area contributed by atoms with Crippen LogP contribution in [0.1, 0.15) is 50.5 Å². The Bertz CT molecular complexity index is 1030. The number of amides is 1. The van der Waals surface area contributed by atoms with Crippen LogP contribution in [0.5, 0.6) is 11.5 Å². The maximum atomic E-state index is 13.7. The first-order valence-corrected chi connectivity index (χ1v) is 12.9. The largest absolute Gasteiger partial charge is 0.493 e. The number of sulfonamides is 1. The van der Waals surface area contributed by atoms with Crippen molar-refractivity contribution >= 4 is 21.6 Å². The summed E-state index contributed by atoms with van der Waals surface area (Å²) in [6.45, 7) is 1.63. The van der Waals surface area contributed by atoms with Crippen molar-refractivity contribution in [2.75, 3.05) is 25.1 Å². The Balaban J connectivity index is 1.89. The highest BCUT2D eigenvalue weighted by Crippen LogP contribution is 2.32. The Morgan fingerprint density at radius 2 is 1.55 bits per heavy atom. The zero-order valence-corrected chi connectivity index (χ0v) is 20.5. The van der Waals surface area contributed by atoms with E-state index in [0.717, 1.165) is 35.6 Å². The fraction of sp³-hybridized carbons (Fsp3) is 0.480. The second kappa shape index (κ2) is 11.4. The number of ether oxygens (including phenoxy) is 2. The lowest BCUT2D eigenvalue weighted by Gasteiger charge is -2.26. The molecule has 0 aliphatic heterocycles. The summed E-state index contributed by atoms with van der Waals surface area (Å²) < 4.78 is 39.0. The van der Waals surface area contributed by atoms with Crippen LogP contribution in [-0.4, -0.2) is 41.1 Å². The lowest BCUT2D eigenvalue weighted by Crippen LogP contribution is -2.44. The lowest BCUT2D eigenvalue weighted by atomic mass is 9.97. The smallest absolute Gasteiger partial charge is 0.264 e. The molecule has 33 heavy (non-hydrogen) atoms. The first-order valence-electron chi connectivity index (χ1n) is 11.5. The van der Waals surface area contributed by atoms with Gasteiger partial charge in [-0.05, 0) is 44.0 Å². The van der Waals surface area contributed by atoms with Gasteiger partial charge in [-0.3, -0.25) is 9.10 Å². The van der Waals surface area contributed by atoms with E-state index < -0.39 is 10.0 Å². The van der Waals surface area contributed by atoms with Gasteiger partial charge in [0, 0.05) is 12.1 Å². The van der Waals surface area contributed by atoms with Gasteiger partial charge in [0.15, 0.2) is 11.5 Å². The molecule has 180 valence electrons. The Morgan fingerprint density at radius 3 is 2.15 bits per heavy atom. The topological polar surface area (TPSA) is 84.9 Å². The molecule has 7 nitrogen and oxygen atoms in total. The van der Waals surface area contributed by atoms with Gasteiger partial charge < -0.3 is 14.8 Å². The summed E-state index contributed by atoms with van der Waals surface area (Å²) in [7, 11) is -1.09. The average molecular weight is 475 g/mol. The van der Waals surface area contributed by atoms with Crippen LogP contribution in [0.3, 0.4) is 0 Å². The molecule has 1 saturated carbocycles. The van der Waals surface area contributed by atoms with Crippen LogP contribution in [0.2, 0.25) is 0 Å². The van der Waals surface area contributed by atoms with Gasteiger partial charge in [-0.2, -0.15) is 0 Å². The minimum absolute atomic E-state index is 0.0273. The van der Waals surface area contributed by atoms with E-state index in [2.05, 4.69) is 5.32 Å². The Morgan fingerprint density at radius 1 is 0.939 bits per heavy atom. The summed E-state index contributed by atoms with van der Waals surface area (Å²) in [6, 6.07) is 11.6. The summed E-state index contributed by atoms with van der Waals surface area (Å²) in [5.41, 5.74) is 1.43. The van der Waals surface area contributed by atoms with E-state index in [1.54, 1.807) is 18.2 Å². The van der Waals surface area contributed by atoms with Gasteiger partial charge in [-0.25, -0.2) is 8.42 Å². The number of hydrogen-bond acceptors (Lipinski definition) is 5. The quantitative estimate of drug-likeness (QED) is 0.612. The molecule has 2 aromatic carbocycles. The molecule has 0 unspecified atom stereocenters. The van der Waals surface area contributed by atoms with Crippen LogP contribution >= 0.6 is 0 Å². The zero-order chi connectivity index (χ0) is 23.8. The number of rotatable bonds is 8. The molecular formula is C25H34N2O5S. The van der Waals surface area contributed by atoms with Crippen molar-refractivity contribution in [3.05, 3.63) is 48.0 Å². The van der Waals surface area contributed by atoms with E-state index in [0.29, 0.717) is 17.2 Å². The van der Waals surface area contributed by atoms with Crippen LogP contribution < -0.4 is 19.1 Å². The number of carbonyl (C=O) groups is 1. The van der Waals surface area contributed by atoms with Gasteiger partial charge >= 0.3 is 0 Å². The van der Waals surface area contributed by atoms with Crippen molar-refractivity contribution in [3.63, 3.8) is 0 Å². The van der Waals surface area contributed by atoms with Crippen LogP contribution in [0, 0.1) is 6.92 Å². The highest BCUT2D eigenvalue weighted by atomic mass is 32.2. The normalized spacial score (nSPS) is 15.2. The molecule has 1 amide bonds. The minimum atomic E-state index is -4.04. The van der Waals surface area contributed by atoms with E-state index in [9.17, 15) is 13.2 Å². The molecule has 0 radical (unpaired) electrons. The maximum absolute atomic E-state index is 13.7. The van der Waals surface area contributed by atoms with E-state index >= 15 is 0 Å². The predicted molar refractivity (Wildman–Crippen MR) is 130 cm³/mol. The number of aryl methyl sites for hydroxylation is 1. The van der Waals surface area contributed by atoms with Crippen molar-refractivity contribution in [2.45, 2.75) is 62.8 Å². The first-order chi connectivity index (χ1) is 15.8. The van der Waals surface area contributed by atoms with Crippen molar-refractivity contribution in [1.29, 1.82) is 0 Å². The van der Waals surface area contributed by atoms with E-state index in [4.69, 9.17) is 9.47 Å². The highest BCUT2D eigenvalue weighted by molar-refractivity contribution is 7.92. The third-order valence-corrected chi connectivity index (χ3v) is 7.79. The molecule has 1 aliphatic rings. The molecule has 2 aromatic rings. The van der Waals surface area contributed by atoms with Crippen LogP contribution in [-0.2, 0) is 14.8 Å². The molecule has 8 heteroatoms. The van der Waals surface area contributed by atoms with Crippen molar-refractivity contribution in [1.82, 2.24) is 5.32 Å². The second-order valence-electron chi connectivity index (χ2n) is 8.47. The molecular weight excluding hydrogens is 440 g/mol. The third kappa shape index (κ3) is 6.41. The number of carbonyl (C=O) groups excluding carboxylic acids is 1. The number of methoxy groups -OCH3 is 2. The molecule has 0 heterocycles. The standard InChI is InChI=1S/C25H34N2O5S/c1-19-11-13-21(14-12-19)27(18-25(28)26-20-9-7-5-4-6-8-10-20)33(29,30)22-15-16-23(31-2)24(17-22)32-3/h11-17,20H,4-10,18H2,1-3H3,(H,26,28). The van der Waals surface area contributed by atoms with Crippen LogP contribution in [0.25, 0.3) is 0 Å². The summed E-state index contributed by atoms with van der Waals surface area (Å²) in [6.07, 6.45) is 7.61. The molecule has 1 fully saturated rings. The van der Waals surface area contributed by atoms with Crippen LogP contribution in [0.15, 0.2) is 47.4 Å². The molecule has 3 rings (SSSR count). The summed E-state index contributed by atoms with van der Waals surface area (Å²) >= 11 is 0. The predicted octanol–water partition coefficient (Wildman–Crippen LogP) is 4.44. The average Bonchev–Trinajstić information content (AvgIpc) is 2.79. The van der Waals surface area contributed by atoms with Crippen molar-refractivity contribution in [3.8, 4) is 11.5 Å². The van der Waals surface area contributed by atoms with Gasteiger partial charge in [0.2, 0.25) is 5.91 Å². The van der Waals surface area contributed by atoms with Crippen molar-refractivity contribution < 1.29 is 22.7 Å². The highest BCUT2D eigenvalue weighted by Gasteiger charge is 2.29. The first kappa shape index (κ1) is 24.9. The number of nitrogens with one attached hydrogen (secondary N) is 1. The van der Waals surface area contributed by atoms with Crippen molar-refractivity contribution in [2.24, 2.45) is 0 Å². The number of hydrogen-bond donors (Lipinski definition) is 1. The minimum Gasteiger partial charge on any atom is -0.493 e. The number of anilines is 1. The fourth-order valence-corrected chi connectivity index (χ4v) is 5.57. The Hall–Kier alpha value is -2.74. The zero-order valence-electron chi connectivity index (χ0n) is 19.7. The molecule has 0 spiro atoms. The monoisotopic (exact) mass is 474 g/mol. The fourth-order valence-electron chi connectivity index (χ4n) is 4.13. The molecule has 0 saturated heterocycles. The molecule has 0 aromatic heterocycles. The molecule has 1 N–H and O–H groups in total. The molecule has 0 atom stereocenters. The van der Waals surface area contributed by atoms with Crippen LogP contribution in [0.4, 0.5) is 5.69 Å². The number of benzene rings is 2. The lowest BCUT2D eigenvalue weighted by molar-refractivity contribution is -0.120. The molecule has 1 aliphatic carbocycles. The van der Waals surface area contributed by atoms with E-state index in [1.165, 1.54) is 45.6 Å². The summed E-state index contributed by atoms with van der Waals surface area (Å²) in [5.74, 6) is 0.437. The van der Waals surface area contributed by atoms with E-state index in [1.807, 2.05) is 19.1 Å². The Kier molecular flexibility index (Phi) is 8.61. The number of nitrogens with zero attached hydrogens (tertiary/aromatic N) is 1. The third-order valence-electron chi connectivity index (χ3n) is 6.02.